The average Bonchev–Trinajstić information content (AvgIpc) is 2.81. The van der Waals surface area contributed by atoms with Crippen molar-refractivity contribution in [3.63, 3.8) is 0 Å². The third kappa shape index (κ3) is 2.97. The number of aromatic nitrogens is 1. The summed E-state index contributed by atoms with van der Waals surface area (Å²) in [6.07, 6.45) is 1.70. The number of anilines is 1. The Morgan fingerprint density at radius 1 is 1.41 bits per heavy atom. The maximum absolute atomic E-state index is 9.00. The number of thiazole rings is 1. The van der Waals surface area contributed by atoms with Crippen LogP contribution in [0.2, 0.25) is 5.02 Å². The molecule has 1 heterocycles. The zero-order valence-corrected chi connectivity index (χ0v) is 11.0. The van der Waals surface area contributed by atoms with Crippen LogP contribution >= 0.6 is 22.9 Å². The average molecular weight is 269 g/mol. The molecule has 0 unspecified atom stereocenters. The summed E-state index contributed by atoms with van der Waals surface area (Å²) in [5, 5.41) is 10.6. The van der Waals surface area contributed by atoms with Gasteiger partial charge in [0.2, 0.25) is 0 Å². The Labute approximate surface area is 109 Å². The first-order chi connectivity index (χ1) is 8.20. The van der Waals surface area contributed by atoms with Gasteiger partial charge in [-0.1, -0.05) is 41.1 Å². The van der Waals surface area contributed by atoms with Gasteiger partial charge in [0.15, 0.2) is 5.13 Å². The second-order valence-electron chi connectivity index (χ2n) is 3.71. The first-order valence-electron chi connectivity index (χ1n) is 5.21. The highest BCUT2D eigenvalue weighted by molar-refractivity contribution is 7.15. The van der Waals surface area contributed by atoms with Crippen molar-refractivity contribution in [1.82, 2.24) is 4.98 Å². The fraction of sp³-hybridized carbons (Fsp3) is 0.250. The number of benzene rings is 1. The van der Waals surface area contributed by atoms with Crippen LogP contribution in [0.5, 0.6) is 0 Å². The van der Waals surface area contributed by atoms with E-state index >= 15 is 0 Å². The van der Waals surface area contributed by atoms with E-state index in [0.29, 0.717) is 6.54 Å². The molecule has 0 spiro atoms. The van der Waals surface area contributed by atoms with Crippen molar-refractivity contribution in [3.8, 4) is 0 Å². The number of nitrogens with zero attached hydrogens (tertiary/aromatic N) is 2. The number of halogens is 1. The first kappa shape index (κ1) is 12.4. The summed E-state index contributed by atoms with van der Waals surface area (Å²) in [7, 11) is 1.96. The lowest BCUT2D eigenvalue weighted by Gasteiger charge is -2.16. The molecule has 1 aromatic heterocycles. The summed E-state index contributed by atoms with van der Waals surface area (Å²) in [5.74, 6) is 0. The van der Waals surface area contributed by atoms with Crippen molar-refractivity contribution in [2.45, 2.75) is 13.2 Å². The summed E-state index contributed by atoms with van der Waals surface area (Å²) in [6, 6.07) is 7.76. The molecule has 90 valence electrons. The Morgan fingerprint density at radius 2 is 2.18 bits per heavy atom. The molecule has 0 aliphatic heterocycles. The standard InChI is InChI=1S/C12H13ClN2OS/c1-15(12-14-6-10(8-16)17-12)7-9-4-2-3-5-11(9)13/h2-6,16H,7-8H2,1H3. The monoisotopic (exact) mass is 268 g/mol. The molecule has 2 aromatic rings. The van der Waals surface area contributed by atoms with Crippen LogP contribution in [0.4, 0.5) is 5.13 Å². The van der Waals surface area contributed by atoms with E-state index in [2.05, 4.69) is 4.98 Å². The molecule has 0 saturated carbocycles. The van der Waals surface area contributed by atoms with Crippen LogP contribution in [-0.2, 0) is 13.2 Å². The zero-order valence-electron chi connectivity index (χ0n) is 9.43. The van der Waals surface area contributed by atoms with E-state index < -0.39 is 0 Å². The van der Waals surface area contributed by atoms with Gasteiger partial charge in [0, 0.05) is 24.8 Å². The van der Waals surface area contributed by atoms with Gasteiger partial charge in [-0.15, -0.1) is 0 Å². The van der Waals surface area contributed by atoms with Gasteiger partial charge in [-0.25, -0.2) is 4.98 Å². The van der Waals surface area contributed by atoms with E-state index in [-0.39, 0.29) is 6.61 Å². The van der Waals surface area contributed by atoms with Crippen molar-refractivity contribution >= 4 is 28.1 Å². The topological polar surface area (TPSA) is 36.4 Å². The van der Waals surface area contributed by atoms with Gasteiger partial charge in [-0.2, -0.15) is 0 Å². The molecule has 0 saturated heterocycles. The predicted molar refractivity (Wildman–Crippen MR) is 71.6 cm³/mol. The molecule has 0 aliphatic carbocycles. The van der Waals surface area contributed by atoms with Gasteiger partial charge < -0.3 is 10.0 Å². The summed E-state index contributed by atoms with van der Waals surface area (Å²) in [4.78, 5) is 7.14. The van der Waals surface area contributed by atoms with E-state index in [9.17, 15) is 0 Å². The van der Waals surface area contributed by atoms with Crippen molar-refractivity contribution in [3.05, 3.63) is 45.9 Å². The van der Waals surface area contributed by atoms with E-state index in [4.69, 9.17) is 16.7 Å². The van der Waals surface area contributed by atoms with Crippen LogP contribution in [0.3, 0.4) is 0 Å². The van der Waals surface area contributed by atoms with Crippen LogP contribution in [0.25, 0.3) is 0 Å². The van der Waals surface area contributed by atoms with Gasteiger partial charge in [-0.05, 0) is 11.6 Å². The van der Waals surface area contributed by atoms with Crippen LogP contribution in [0.15, 0.2) is 30.5 Å². The van der Waals surface area contributed by atoms with Gasteiger partial charge in [0.1, 0.15) is 0 Å². The molecular weight excluding hydrogens is 256 g/mol. The summed E-state index contributed by atoms with van der Waals surface area (Å²) < 4.78 is 0. The minimum Gasteiger partial charge on any atom is -0.391 e. The lowest BCUT2D eigenvalue weighted by Crippen LogP contribution is -2.16. The molecule has 0 fully saturated rings. The van der Waals surface area contributed by atoms with Crippen molar-refractivity contribution in [2.75, 3.05) is 11.9 Å². The largest absolute Gasteiger partial charge is 0.391 e. The zero-order chi connectivity index (χ0) is 12.3. The number of aliphatic hydroxyl groups excluding tert-OH is 1. The number of rotatable bonds is 4. The highest BCUT2D eigenvalue weighted by atomic mass is 35.5. The normalized spacial score (nSPS) is 10.5. The minimum absolute atomic E-state index is 0.0393. The fourth-order valence-electron chi connectivity index (χ4n) is 1.50. The molecule has 0 atom stereocenters. The molecule has 0 amide bonds. The first-order valence-corrected chi connectivity index (χ1v) is 6.40. The third-order valence-electron chi connectivity index (χ3n) is 2.39. The SMILES string of the molecule is CN(Cc1ccccc1Cl)c1ncc(CO)s1. The molecule has 3 nitrogen and oxygen atoms in total. The van der Waals surface area contributed by atoms with Crippen molar-refractivity contribution in [2.24, 2.45) is 0 Å². The van der Waals surface area contributed by atoms with Crippen LogP contribution in [-0.4, -0.2) is 17.1 Å². The van der Waals surface area contributed by atoms with Crippen LogP contribution < -0.4 is 4.90 Å². The van der Waals surface area contributed by atoms with Gasteiger partial charge >= 0.3 is 0 Å². The molecule has 0 bridgehead atoms. The molecule has 0 aliphatic rings. The lowest BCUT2D eigenvalue weighted by molar-refractivity contribution is 0.285. The molecule has 17 heavy (non-hydrogen) atoms. The highest BCUT2D eigenvalue weighted by Gasteiger charge is 2.08. The Hall–Kier alpha value is -1.10. The summed E-state index contributed by atoms with van der Waals surface area (Å²) in [6.45, 7) is 0.746. The van der Waals surface area contributed by atoms with Gasteiger partial charge in [-0.3, -0.25) is 0 Å². The fourth-order valence-corrected chi connectivity index (χ4v) is 2.42. The number of aliphatic hydroxyl groups is 1. The second kappa shape index (κ2) is 5.49. The van der Waals surface area contributed by atoms with Crippen molar-refractivity contribution in [1.29, 1.82) is 0 Å². The second-order valence-corrected chi connectivity index (χ2v) is 5.22. The molecular formula is C12H13ClN2OS. The maximum atomic E-state index is 9.00. The number of hydrogen-bond donors (Lipinski definition) is 1. The van der Waals surface area contributed by atoms with Gasteiger partial charge in [0.05, 0.1) is 11.5 Å². The third-order valence-corrected chi connectivity index (χ3v) is 3.85. The van der Waals surface area contributed by atoms with Crippen LogP contribution in [0, 0.1) is 0 Å². The van der Waals surface area contributed by atoms with E-state index in [1.54, 1.807) is 6.20 Å². The summed E-state index contributed by atoms with van der Waals surface area (Å²) >= 11 is 7.59. The Kier molecular flexibility index (Phi) is 3.99. The molecule has 0 radical (unpaired) electrons. The Bertz CT molecular complexity index is 501. The quantitative estimate of drug-likeness (QED) is 0.926. The van der Waals surface area contributed by atoms with E-state index in [1.165, 1.54) is 11.3 Å². The molecule has 2 rings (SSSR count). The maximum Gasteiger partial charge on any atom is 0.185 e. The predicted octanol–water partition coefficient (Wildman–Crippen LogP) is 2.93. The summed E-state index contributed by atoms with van der Waals surface area (Å²) in [5.41, 5.74) is 1.07. The Balaban J connectivity index is 2.11. The van der Waals surface area contributed by atoms with Crippen molar-refractivity contribution < 1.29 is 5.11 Å². The Morgan fingerprint density at radius 3 is 2.82 bits per heavy atom. The lowest BCUT2D eigenvalue weighted by atomic mass is 10.2. The van der Waals surface area contributed by atoms with Gasteiger partial charge in [0.25, 0.3) is 0 Å². The van der Waals surface area contributed by atoms with E-state index in [0.717, 1.165) is 20.6 Å². The minimum atomic E-state index is 0.0393. The van der Waals surface area contributed by atoms with Crippen LogP contribution in [0.1, 0.15) is 10.4 Å². The smallest absolute Gasteiger partial charge is 0.185 e. The molecule has 5 heteroatoms. The number of hydrogen-bond acceptors (Lipinski definition) is 4. The molecule has 1 aromatic carbocycles. The van der Waals surface area contributed by atoms with E-state index in [1.807, 2.05) is 36.2 Å². The highest BCUT2D eigenvalue weighted by Crippen LogP contribution is 2.24. The molecule has 1 N–H and O–H groups in total.